The minimum Gasteiger partial charge on any atom is -0.490 e. The van der Waals surface area contributed by atoms with Crippen LogP contribution in [0, 0.1) is 11.8 Å². The van der Waals surface area contributed by atoms with Gasteiger partial charge in [-0.05, 0) is 114 Å². The molecule has 2 fully saturated rings. The zero-order valence-corrected chi connectivity index (χ0v) is 29.6. The first-order valence-corrected chi connectivity index (χ1v) is 18.1. The van der Waals surface area contributed by atoms with E-state index in [0.717, 1.165) is 31.6 Å². The topological polar surface area (TPSA) is 103 Å². The Balaban J connectivity index is 1.61. The van der Waals surface area contributed by atoms with Gasteiger partial charge in [-0.3, -0.25) is 13.6 Å². The Morgan fingerprint density at radius 3 is 1.96 bits per heavy atom. The van der Waals surface area contributed by atoms with Crippen molar-refractivity contribution in [3.8, 4) is 5.75 Å². The van der Waals surface area contributed by atoms with Crippen LogP contribution in [0.2, 0.25) is 0 Å². The molecule has 47 heavy (non-hydrogen) atoms. The highest BCUT2D eigenvalue weighted by molar-refractivity contribution is 7.48. The molecule has 2 aromatic rings. The van der Waals surface area contributed by atoms with Crippen molar-refractivity contribution in [3.05, 3.63) is 41.5 Å². The van der Waals surface area contributed by atoms with E-state index in [4.69, 9.17) is 18.3 Å². The third kappa shape index (κ3) is 10.3. The Kier molecular flexibility index (Phi) is 11.4. The van der Waals surface area contributed by atoms with Crippen molar-refractivity contribution in [3.63, 3.8) is 0 Å². The van der Waals surface area contributed by atoms with E-state index in [9.17, 15) is 27.6 Å². The zero-order chi connectivity index (χ0) is 34.8. The Bertz CT molecular complexity index is 1420. The Hall–Kier alpha value is -2.33. The number of ether oxygens (including phenoxy) is 1. The molecule has 264 valence electrons. The lowest BCUT2D eigenvalue weighted by molar-refractivity contribution is -0.138. The number of nitrogens with one attached hydrogen (secondary N) is 1. The van der Waals surface area contributed by atoms with Crippen LogP contribution in [0.4, 0.5) is 18.0 Å². The van der Waals surface area contributed by atoms with Gasteiger partial charge < -0.3 is 15.2 Å². The summed E-state index contributed by atoms with van der Waals surface area (Å²) in [6, 6.07) is 7.11. The van der Waals surface area contributed by atoms with Crippen molar-refractivity contribution >= 4 is 24.7 Å². The van der Waals surface area contributed by atoms with Gasteiger partial charge in [0, 0.05) is 0 Å². The van der Waals surface area contributed by atoms with E-state index in [-0.39, 0.29) is 22.6 Å². The summed E-state index contributed by atoms with van der Waals surface area (Å²) in [6.45, 7) is 11.0. The number of fused-ring (bicyclic) bond motifs is 1. The highest BCUT2D eigenvalue weighted by Gasteiger charge is 2.42. The SMILES string of the molecule is CC(C)(C)OP(=O)(OC[C@](C)(NC(=O)O)c1ccc2c(C(F)(F)F)c(O[C@H]3CC[C@H](C4CCCCC4)CC3)ccc2c1)OC(C)(C)C. The Morgan fingerprint density at radius 1 is 0.851 bits per heavy atom. The van der Waals surface area contributed by atoms with Gasteiger partial charge in [0.15, 0.2) is 0 Å². The number of amides is 1. The highest BCUT2D eigenvalue weighted by atomic mass is 31.2. The molecule has 0 bridgehead atoms. The molecule has 0 radical (unpaired) electrons. The van der Waals surface area contributed by atoms with E-state index >= 15 is 0 Å². The summed E-state index contributed by atoms with van der Waals surface area (Å²) in [5, 5.41) is 12.3. The summed E-state index contributed by atoms with van der Waals surface area (Å²) in [4.78, 5) is 11.9. The monoisotopic (exact) mass is 685 g/mol. The Morgan fingerprint density at radius 2 is 1.43 bits per heavy atom. The van der Waals surface area contributed by atoms with Crippen molar-refractivity contribution in [1.82, 2.24) is 5.32 Å². The van der Waals surface area contributed by atoms with Crippen molar-refractivity contribution in [2.45, 2.75) is 135 Å². The summed E-state index contributed by atoms with van der Waals surface area (Å²) < 4.78 is 80.7. The smallest absolute Gasteiger partial charge is 0.475 e. The molecule has 8 nitrogen and oxygen atoms in total. The molecule has 1 amide bonds. The molecular weight excluding hydrogens is 634 g/mol. The van der Waals surface area contributed by atoms with Crippen LogP contribution in [-0.4, -0.2) is 35.1 Å². The largest absolute Gasteiger partial charge is 0.490 e. The summed E-state index contributed by atoms with van der Waals surface area (Å²) in [6.07, 6.45) is 3.37. The van der Waals surface area contributed by atoms with Gasteiger partial charge in [0.1, 0.15) is 11.3 Å². The fourth-order valence-corrected chi connectivity index (χ4v) is 8.79. The standard InChI is InChI=1S/C35H51F3NO7P/c1-32(2,3)45-47(42,46-33(4,5)6)43-22-34(7,39-31(40)41)26-16-19-28-25(21-26)15-20-29(30(28)35(36,37)38)44-27-17-13-24(14-18-27)23-11-9-8-10-12-23/h15-16,19-21,23-24,27,39H,8-14,17-18,22H2,1-7H3,(H,40,41)/t24-,27-,34-/m0/s1. The van der Waals surface area contributed by atoms with Crippen LogP contribution in [-0.2, 0) is 29.9 Å². The van der Waals surface area contributed by atoms with Crippen LogP contribution in [0.1, 0.15) is 117 Å². The molecule has 12 heteroatoms. The lowest BCUT2D eigenvalue weighted by Gasteiger charge is -2.36. The van der Waals surface area contributed by atoms with Gasteiger partial charge in [-0.15, -0.1) is 0 Å². The molecule has 2 aliphatic rings. The predicted molar refractivity (Wildman–Crippen MR) is 176 cm³/mol. The second-order valence-electron chi connectivity index (χ2n) is 15.3. The molecule has 0 unspecified atom stereocenters. The molecule has 0 saturated heterocycles. The van der Waals surface area contributed by atoms with Crippen molar-refractivity contribution in [2.75, 3.05) is 6.61 Å². The van der Waals surface area contributed by atoms with Gasteiger partial charge in [0.05, 0.1) is 29.5 Å². The minimum atomic E-state index is -4.69. The molecule has 0 aromatic heterocycles. The number of carboxylic acid groups (broad SMARTS) is 1. The summed E-state index contributed by atoms with van der Waals surface area (Å²) in [5.74, 6) is 1.15. The molecular formula is C35H51F3NO7P. The quantitative estimate of drug-likeness (QED) is 0.240. The number of carbonyl (C=O) groups is 1. The van der Waals surface area contributed by atoms with Gasteiger partial charge in [0.2, 0.25) is 0 Å². The first-order chi connectivity index (χ1) is 21.7. The number of phosphoric ester groups is 1. The van der Waals surface area contributed by atoms with Crippen molar-refractivity contribution in [1.29, 1.82) is 0 Å². The molecule has 0 spiro atoms. The number of halogens is 3. The number of hydrogen-bond donors (Lipinski definition) is 2. The van der Waals surface area contributed by atoms with E-state index in [1.807, 2.05) is 0 Å². The van der Waals surface area contributed by atoms with Crippen LogP contribution < -0.4 is 10.1 Å². The van der Waals surface area contributed by atoms with Gasteiger partial charge >= 0.3 is 20.1 Å². The third-order valence-electron chi connectivity index (χ3n) is 8.90. The van der Waals surface area contributed by atoms with Crippen molar-refractivity contribution < 1.29 is 45.9 Å². The maximum atomic E-state index is 14.6. The van der Waals surface area contributed by atoms with E-state index in [1.165, 1.54) is 63.3 Å². The second-order valence-corrected chi connectivity index (χ2v) is 16.8. The first kappa shape index (κ1) is 37.5. The van der Waals surface area contributed by atoms with Gasteiger partial charge in [-0.25, -0.2) is 9.36 Å². The molecule has 0 aliphatic heterocycles. The molecule has 0 heterocycles. The first-order valence-electron chi connectivity index (χ1n) is 16.6. The van der Waals surface area contributed by atoms with Crippen LogP contribution in [0.15, 0.2) is 30.3 Å². The zero-order valence-electron chi connectivity index (χ0n) is 28.7. The molecule has 2 N–H and O–H groups in total. The number of phosphoric acid groups is 1. The van der Waals surface area contributed by atoms with Gasteiger partial charge in [0.25, 0.3) is 0 Å². The maximum Gasteiger partial charge on any atom is 0.475 e. The summed E-state index contributed by atoms with van der Waals surface area (Å²) >= 11 is 0. The fourth-order valence-electron chi connectivity index (χ4n) is 6.88. The van der Waals surface area contributed by atoms with Gasteiger partial charge in [-0.1, -0.05) is 50.3 Å². The lowest BCUT2D eigenvalue weighted by atomic mass is 9.73. The van der Waals surface area contributed by atoms with E-state index in [2.05, 4.69) is 5.32 Å². The summed E-state index contributed by atoms with van der Waals surface area (Å²) in [5.41, 5.74) is -3.95. The Labute approximate surface area is 276 Å². The average Bonchev–Trinajstić information content (AvgIpc) is 2.94. The number of rotatable bonds is 10. The van der Waals surface area contributed by atoms with Crippen LogP contribution in [0.3, 0.4) is 0 Å². The minimum absolute atomic E-state index is 0.0639. The fraction of sp³-hybridized carbons (Fsp3) is 0.686. The van der Waals surface area contributed by atoms with Crippen LogP contribution in [0.5, 0.6) is 5.75 Å². The molecule has 2 saturated carbocycles. The average molecular weight is 686 g/mol. The van der Waals surface area contributed by atoms with Crippen LogP contribution in [0.25, 0.3) is 10.8 Å². The molecule has 1 atom stereocenters. The predicted octanol–water partition coefficient (Wildman–Crippen LogP) is 10.6. The number of benzene rings is 2. The van der Waals surface area contributed by atoms with Crippen LogP contribution >= 0.6 is 7.82 Å². The van der Waals surface area contributed by atoms with E-state index < -0.39 is 49.0 Å². The number of alkyl halides is 3. The lowest BCUT2D eigenvalue weighted by Crippen LogP contribution is -2.46. The maximum absolute atomic E-state index is 14.6. The third-order valence-corrected chi connectivity index (χ3v) is 10.9. The van der Waals surface area contributed by atoms with Gasteiger partial charge in [-0.2, -0.15) is 13.2 Å². The normalized spacial score (nSPS) is 21.7. The van der Waals surface area contributed by atoms with Crippen molar-refractivity contribution in [2.24, 2.45) is 11.8 Å². The summed E-state index contributed by atoms with van der Waals surface area (Å²) in [7, 11) is -4.24. The second kappa shape index (κ2) is 14.3. The molecule has 4 rings (SSSR count). The van der Waals surface area contributed by atoms with E-state index in [0.29, 0.717) is 11.5 Å². The highest BCUT2D eigenvalue weighted by Crippen LogP contribution is 2.56. The van der Waals surface area contributed by atoms with E-state index in [1.54, 1.807) is 47.6 Å². The number of hydrogen-bond acceptors (Lipinski definition) is 6. The molecule has 2 aromatic carbocycles. The molecule has 2 aliphatic carbocycles.